The molecule has 0 aliphatic heterocycles. The van der Waals surface area contributed by atoms with E-state index in [4.69, 9.17) is 5.73 Å². The molecule has 0 radical (unpaired) electrons. The molecule has 0 bridgehead atoms. The van der Waals surface area contributed by atoms with E-state index in [1.165, 1.54) is 12.8 Å². The van der Waals surface area contributed by atoms with Gasteiger partial charge in [-0.1, -0.05) is 12.5 Å². The second kappa shape index (κ2) is 6.77. The topological polar surface area (TPSA) is 58.4 Å². The average Bonchev–Trinajstić information content (AvgIpc) is 2.82. The van der Waals surface area contributed by atoms with Crippen LogP contribution in [0.3, 0.4) is 0 Å². The summed E-state index contributed by atoms with van der Waals surface area (Å²) < 4.78 is 0. The summed E-state index contributed by atoms with van der Waals surface area (Å²) in [7, 11) is 2.02. The van der Waals surface area contributed by atoms with Gasteiger partial charge in [-0.2, -0.15) is 0 Å². The SMILES string of the molecule is C=CCNC(=O)C(C)N(C)C1CCCC1CN. The highest BCUT2D eigenvalue weighted by atomic mass is 16.2. The maximum Gasteiger partial charge on any atom is 0.237 e. The van der Waals surface area contributed by atoms with E-state index in [1.54, 1.807) is 6.08 Å². The lowest BCUT2D eigenvalue weighted by atomic mass is 10.0. The van der Waals surface area contributed by atoms with Crippen molar-refractivity contribution in [1.82, 2.24) is 10.2 Å². The van der Waals surface area contributed by atoms with Gasteiger partial charge in [0, 0.05) is 12.6 Å². The van der Waals surface area contributed by atoms with Crippen LogP contribution in [0.4, 0.5) is 0 Å². The highest BCUT2D eigenvalue weighted by Crippen LogP contribution is 2.29. The van der Waals surface area contributed by atoms with Gasteiger partial charge < -0.3 is 11.1 Å². The van der Waals surface area contributed by atoms with Crippen molar-refractivity contribution < 1.29 is 4.79 Å². The van der Waals surface area contributed by atoms with Gasteiger partial charge >= 0.3 is 0 Å². The van der Waals surface area contributed by atoms with E-state index in [-0.39, 0.29) is 11.9 Å². The molecule has 0 aromatic heterocycles. The van der Waals surface area contributed by atoms with Crippen LogP contribution in [0, 0.1) is 5.92 Å². The Bertz CT molecular complexity index is 267. The van der Waals surface area contributed by atoms with Crippen molar-refractivity contribution in [2.45, 2.75) is 38.3 Å². The molecule has 0 aromatic rings. The molecule has 1 aliphatic carbocycles. The smallest absolute Gasteiger partial charge is 0.237 e. The van der Waals surface area contributed by atoms with E-state index in [0.29, 0.717) is 18.5 Å². The van der Waals surface area contributed by atoms with Gasteiger partial charge in [0.15, 0.2) is 0 Å². The number of nitrogens with one attached hydrogen (secondary N) is 1. The molecule has 3 N–H and O–H groups in total. The highest BCUT2D eigenvalue weighted by Gasteiger charge is 2.33. The molecule has 0 saturated heterocycles. The zero-order valence-electron chi connectivity index (χ0n) is 11.0. The first-order chi connectivity index (χ1) is 8.11. The third-order valence-corrected chi connectivity index (χ3v) is 3.86. The van der Waals surface area contributed by atoms with Crippen LogP contribution in [-0.4, -0.2) is 43.0 Å². The van der Waals surface area contributed by atoms with Gasteiger partial charge in [-0.25, -0.2) is 0 Å². The summed E-state index contributed by atoms with van der Waals surface area (Å²) >= 11 is 0. The number of amides is 1. The molecule has 0 heterocycles. The van der Waals surface area contributed by atoms with Gasteiger partial charge in [0.1, 0.15) is 0 Å². The normalized spacial score (nSPS) is 25.9. The van der Waals surface area contributed by atoms with Crippen LogP contribution in [0.25, 0.3) is 0 Å². The van der Waals surface area contributed by atoms with Gasteiger partial charge in [-0.15, -0.1) is 6.58 Å². The Labute approximate surface area is 104 Å². The Morgan fingerprint density at radius 1 is 1.65 bits per heavy atom. The number of likely N-dealkylation sites (N-methyl/N-ethyl adjacent to an activating group) is 1. The Morgan fingerprint density at radius 2 is 2.35 bits per heavy atom. The lowest BCUT2D eigenvalue weighted by Gasteiger charge is -2.33. The predicted molar refractivity (Wildman–Crippen MR) is 70.6 cm³/mol. The fourth-order valence-electron chi connectivity index (χ4n) is 2.62. The van der Waals surface area contributed by atoms with E-state index >= 15 is 0 Å². The van der Waals surface area contributed by atoms with Crippen LogP contribution in [-0.2, 0) is 4.79 Å². The van der Waals surface area contributed by atoms with Gasteiger partial charge in [0.05, 0.1) is 6.04 Å². The van der Waals surface area contributed by atoms with E-state index in [9.17, 15) is 4.79 Å². The minimum absolute atomic E-state index is 0.0649. The fraction of sp³-hybridized carbons (Fsp3) is 0.769. The Balaban J connectivity index is 2.52. The fourth-order valence-corrected chi connectivity index (χ4v) is 2.62. The summed E-state index contributed by atoms with van der Waals surface area (Å²) in [5.74, 6) is 0.602. The molecule has 1 amide bonds. The van der Waals surface area contributed by atoms with Gasteiger partial charge in [0.25, 0.3) is 0 Å². The molecule has 1 rings (SSSR count). The van der Waals surface area contributed by atoms with Crippen molar-refractivity contribution in [3.05, 3.63) is 12.7 Å². The second-order valence-electron chi connectivity index (χ2n) is 4.87. The van der Waals surface area contributed by atoms with E-state index in [2.05, 4.69) is 16.8 Å². The van der Waals surface area contributed by atoms with Crippen LogP contribution >= 0.6 is 0 Å². The third kappa shape index (κ3) is 3.54. The Morgan fingerprint density at radius 3 is 2.94 bits per heavy atom. The summed E-state index contributed by atoms with van der Waals surface area (Å²) in [6.45, 7) is 6.79. The molecule has 4 nitrogen and oxygen atoms in total. The molecule has 3 unspecified atom stereocenters. The van der Waals surface area contributed by atoms with Crippen molar-refractivity contribution >= 4 is 5.91 Å². The minimum atomic E-state index is -0.105. The van der Waals surface area contributed by atoms with Crippen molar-refractivity contribution in [1.29, 1.82) is 0 Å². The van der Waals surface area contributed by atoms with Crippen LogP contribution in [0.1, 0.15) is 26.2 Å². The van der Waals surface area contributed by atoms with Crippen molar-refractivity contribution in [3.8, 4) is 0 Å². The van der Waals surface area contributed by atoms with Crippen LogP contribution in [0.2, 0.25) is 0 Å². The molecule has 3 atom stereocenters. The number of hydrogen-bond donors (Lipinski definition) is 2. The predicted octanol–water partition coefficient (Wildman–Crippen LogP) is 0.736. The largest absolute Gasteiger partial charge is 0.351 e. The maximum atomic E-state index is 11.9. The summed E-state index contributed by atoms with van der Waals surface area (Å²) in [5.41, 5.74) is 5.78. The zero-order chi connectivity index (χ0) is 12.8. The van der Waals surface area contributed by atoms with Crippen LogP contribution in [0.5, 0.6) is 0 Å². The number of nitrogens with two attached hydrogens (primary N) is 1. The lowest BCUT2D eigenvalue weighted by Crippen LogP contribution is -2.49. The van der Waals surface area contributed by atoms with Gasteiger partial charge in [-0.3, -0.25) is 9.69 Å². The molecule has 0 spiro atoms. The maximum absolute atomic E-state index is 11.9. The van der Waals surface area contributed by atoms with Crippen LogP contribution < -0.4 is 11.1 Å². The summed E-state index contributed by atoms with van der Waals surface area (Å²) in [4.78, 5) is 14.0. The molecule has 98 valence electrons. The molecular weight excluding hydrogens is 214 g/mol. The second-order valence-corrected chi connectivity index (χ2v) is 4.87. The van der Waals surface area contributed by atoms with Gasteiger partial charge in [0.2, 0.25) is 5.91 Å². The number of carbonyl (C=O) groups excluding carboxylic acids is 1. The number of nitrogens with zero attached hydrogens (tertiary/aromatic N) is 1. The van der Waals surface area contributed by atoms with E-state index < -0.39 is 0 Å². The highest BCUT2D eigenvalue weighted by molar-refractivity contribution is 5.81. The summed E-state index contributed by atoms with van der Waals surface area (Å²) in [6.07, 6.45) is 5.25. The standard InChI is InChI=1S/C13H25N3O/c1-4-8-15-13(17)10(2)16(3)12-7-5-6-11(12)9-14/h4,10-12H,1,5-9,14H2,2-3H3,(H,15,17). The minimum Gasteiger partial charge on any atom is -0.351 e. The van der Waals surface area contributed by atoms with Crippen molar-refractivity contribution in [2.75, 3.05) is 20.1 Å². The van der Waals surface area contributed by atoms with Gasteiger partial charge in [-0.05, 0) is 39.3 Å². The molecule has 0 aromatic carbocycles. The first kappa shape index (κ1) is 14.2. The number of carbonyl (C=O) groups is 1. The molecule has 1 fully saturated rings. The zero-order valence-corrected chi connectivity index (χ0v) is 11.0. The molecule has 1 saturated carbocycles. The van der Waals surface area contributed by atoms with E-state index in [0.717, 1.165) is 13.0 Å². The first-order valence-electron chi connectivity index (χ1n) is 6.42. The number of rotatable bonds is 6. The molecular formula is C13H25N3O. The Kier molecular flexibility index (Phi) is 5.65. The third-order valence-electron chi connectivity index (χ3n) is 3.86. The van der Waals surface area contributed by atoms with E-state index in [1.807, 2.05) is 14.0 Å². The first-order valence-corrected chi connectivity index (χ1v) is 6.42. The molecule has 17 heavy (non-hydrogen) atoms. The average molecular weight is 239 g/mol. The Hall–Kier alpha value is -0.870. The summed E-state index contributed by atoms with van der Waals surface area (Å²) in [5, 5.41) is 2.84. The monoisotopic (exact) mass is 239 g/mol. The van der Waals surface area contributed by atoms with Crippen molar-refractivity contribution in [3.63, 3.8) is 0 Å². The summed E-state index contributed by atoms with van der Waals surface area (Å²) in [6, 6.07) is 0.344. The molecule has 4 heteroatoms. The lowest BCUT2D eigenvalue weighted by molar-refractivity contribution is -0.126. The van der Waals surface area contributed by atoms with Crippen LogP contribution in [0.15, 0.2) is 12.7 Å². The van der Waals surface area contributed by atoms with Crippen molar-refractivity contribution in [2.24, 2.45) is 11.7 Å². The number of hydrogen-bond acceptors (Lipinski definition) is 3. The quantitative estimate of drug-likeness (QED) is 0.672. The molecule has 1 aliphatic rings.